The molecule has 0 heterocycles. The molecule has 4 fully saturated rings. The van der Waals surface area contributed by atoms with E-state index in [0.29, 0.717) is 11.7 Å². The molecule has 1 N–H and O–H groups in total. The summed E-state index contributed by atoms with van der Waals surface area (Å²) in [6.45, 7) is 2.25. The Morgan fingerprint density at radius 1 is 1.05 bits per heavy atom. The van der Waals surface area contributed by atoms with Crippen molar-refractivity contribution in [3.63, 3.8) is 0 Å². The van der Waals surface area contributed by atoms with Crippen molar-refractivity contribution >= 4 is 5.78 Å². The summed E-state index contributed by atoms with van der Waals surface area (Å²) in [5.74, 6) is 4.61. The van der Waals surface area contributed by atoms with E-state index in [1.165, 1.54) is 38.5 Å². The molecular formula is C19H30O2. The first-order valence-corrected chi connectivity index (χ1v) is 9.37. The number of carbonyl (C=O) groups excluding carboxylic acids is 1. The van der Waals surface area contributed by atoms with E-state index >= 15 is 0 Å². The second-order valence-corrected chi connectivity index (χ2v) is 8.41. The van der Waals surface area contributed by atoms with Crippen LogP contribution in [0.2, 0.25) is 0 Å². The molecule has 21 heavy (non-hydrogen) atoms. The van der Waals surface area contributed by atoms with Gasteiger partial charge in [0.1, 0.15) is 5.78 Å². The summed E-state index contributed by atoms with van der Waals surface area (Å²) in [6, 6.07) is 0. The molecule has 0 aliphatic heterocycles. The van der Waals surface area contributed by atoms with Crippen LogP contribution in [-0.2, 0) is 4.79 Å². The minimum Gasteiger partial charge on any atom is -0.393 e. The quantitative estimate of drug-likeness (QED) is 0.793. The molecule has 0 radical (unpaired) electrons. The van der Waals surface area contributed by atoms with E-state index in [-0.39, 0.29) is 11.5 Å². The smallest absolute Gasteiger partial charge is 0.139 e. The highest BCUT2D eigenvalue weighted by atomic mass is 16.3. The maximum absolute atomic E-state index is 12.5. The lowest BCUT2D eigenvalue weighted by Crippen LogP contribution is -2.49. The van der Waals surface area contributed by atoms with Crippen LogP contribution in [0.4, 0.5) is 0 Å². The van der Waals surface area contributed by atoms with Gasteiger partial charge < -0.3 is 5.11 Å². The van der Waals surface area contributed by atoms with Crippen molar-refractivity contribution in [1.82, 2.24) is 0 Å². The number of rotatable bonds is 1. The van der Waals surface area contributed by atoms with Gasteiger partial charge in [0.25, 0.3) is 0 Å². The van der Waals surface area contributed by atoms with Gasteiger partial charge >= 0.3 is 0 Å². The summed E-state index contributed by atoms with van der Waals surface area (Å²) in [7, 11) is 0. The zero-order valence-corrected chi connectivity index (χ0v) is 13.4. The number of aliphatic hydroxyl groups is 1. The molecule has 2 nitrogen and oxygen atoms in total. The number of aliphatic hydroxyl groups excluding tert-OH is 1. The first-order valence-electron chi connectivity index (χ1n) is 9.37. The van der Waals surface area contributed by atoms with Gasteiger partial charge in [0, 0.05) is 11.8 Å². The molecule has 0 saturated heterocycles. The van der Waals surface area contributed by atoms with E-state index in [0.717, 1.165) is 49.4 Å². The minimum absolute atomic E-state index is 0.0332. The van der Waals surface area contributed by atoms with Crippen LogP contribution in [0.1, 0.15) is 71.1 Å². The fourth-order valence-electron chi connectivity index (χ4n) is 7.05. The van der Waals surface area contributed by atoms with E-state index in [1.54, 1.807) is 0 Å². The van der Waals surface area contributed by atoms with Gasteiger partial charge in [-0.3, -0.25) is 4.79 Å². The molecule has 0 aromatic carbocycles. The monoisotopic (exact) mass is 290 g/mol. The van der Waals surface area contributed by atoms with Gasteiger partial charge in [-0.25, -0.2) is 0 Å². The van der Waals surface area contributed by atoms with Crippen molar-refractivity contribution < 1.29 is 9.90 Å². The van der Waals surface area contributed by atoms with Gasteiger partial charge in [0.15, 0.2) is 0 Å². The fraction of sp³-hybridized carbons (Fsp3) is 0.947. The molecule has 0 aromatic heterocycles. The van der Waals surface area contributed by atoms with E-state index < -0.39 is 0 Å². The Labute approximate surface area is 128 Å². The normalized spacial score (nSPS) is 53.0. The van der Waals surface area contributed by atoms with Crippen molar-refractivity contribution in [1.29, 1.82) is 0 Å². The minimum atomic E-state index is -0.0332. The van der Waals surface area contributed by atoms with Crippen LogP contribution in [0.5, 0.6) is 0 Å². The molecule has 4 rings (SSSR count). The van der Waals surface area contributed by atoms with Gasteiger partial charge in [-0.15, -0.1) is 0 Å². The van der Waals surface area contributed by atoms with E-state index in [1.807, 2.05) is 0 Å². The number of Topliss-reactive ketones (excluding diaryl/α,β-unsaturated/α-hetero) is 1. The highest BCUT2D eigenvalue weighted by molar-refractivity contribution is 5.87. The molecule has 118 valence electrons. The van der Waals surface area contributed by atoms with E-state index in [4.69, 9.17) is 0 Å². The molecule has 7 atom stereocenters. The Balaban J connectivity index is 1.59. The van der Waals surface area contributed by atoms with Gasteiger partial charge in [0.05, 0.1) is 6.10 Å². The van der Waals surface area contributed by atoms with Gasteiger partial charge in [-0.05, 0) is 87.4 Å². The maximum Gasteiger partial charge on any atom is 0.139 e. The van der Waals surface area contributed by atoms with Crippen LogP contribution in [0.25, 0.3) is 0 Å². The summed E-state index contributed by atoms with van der Waals surface area (Å²) >= 11 is 0. The van der Waals surface area contributed by atoms with Gasteiger partial charge in [-0.2, -0.15) is 0 Å². The first kappa shape index (κ1) is 14.2. The van der Waals surface area contributed by atoms with Gasteiger partial charge in [-0.1, -0.05) is 6.92 Å². The van der Waals surface area contributed by atoms with Crippen molar-refractivity contribution in [2.45, 2.75) is 77.2 Å². The third-order valence-electron chi connectivity index (χ3n) is 8.00. The SMILES string of the molecule is CC[C@]12CC[C@H]3[C@@H](CC[C@@H]4C[C@H](O)CC[C@@H]43)[C@@H]1CCC2=O. The highest BCUT2D eigenvalue weighted by Crippen LogP contribution is 2.62. The Kier molecular flexibility index (Phi) is 3.44. The third kappa shape index (κ3) is 1.97. The Morgan fingerprint density at radius 2 is 1.86 bits per heavy atom. The van der Waals surface area contributed by atoms with Crippen molar-refractivity contribution in [3.05, 3.63) is 0 Å². The summed E-state index contributed by atoms with van der Waals surface area (Å²) in [6.07, 6.45) is 11.5. The molecule has 2 heteroatoms. The number of fused-ring (bicyclic) bond motifs is 5. The van der Waals surface area contributed by atoms with E-state index in [9.17, 15) is 9.90 Å². The highest BCUT2D eigenvalue weighted by Gasteiger charge is 2.58. The van der Waals surface area contributed by atoms with Crippen LogP contribution in [0.3, 0.4) is 0 Å². The maximum atomic E-state index is 12.5. The van der Waals surface area contributed by atoms with Crippen LogP contribution in [0.15, 0.2) is 0 Å². The predicted octanol–water partition coefficient (Wildman–Crippen LogP) is 3.96. The topological polar surface area (TPSA) is 37.3 Å². The number of hydrogen-bond acceptors (Lipinski definition) is 2. The molecule has 4 aliphatic rings. The molecule has 4 aliphatic carbocycles. The van der Waals surface area contributed by atoms with Crippen molar-refractivity contribution in [3.8, 4) is 0 Å². The summed E-state index contributed by atoms with van der Waals surface area (Å²) < 4.78 is 0. The lowest BCUT2D eigenvalue weighted by molar-refractivity contribution is -0.135. The molecule has 0 amide bonds. The van der Waals surface area contributed by atoms with Crippen molar-refractivity contribution in [2.24, 2.45) is 35.0 Å². The third-order valence-corrected chi connectivity index (χ3v) is 8.00. The molecule has 0 aromatic rings. The zero-order valence-electron chi connectivity index (χ0n) is 13.4. The summed E-state index contributed by atoms with van der Waals surface area (Å²) in [4.78, 5) is 12.5. The Hall–Kier alpha value is -0.370. The molecular weight excluding hydrogens is 260 g/mol. The number of hydrogen-bond donors (Lipinski definition) is 1. The second kappa shape index (κ2) is 5.08. The van der Waals surface area contributed by atoms with Crippen LogP contribution < -0.4 is 0 Å². The molecule has 0 spiro atoms. The summed E-state index contributed by atoms with van der Waals surface area (Å²) in [5.41, 5.74) is 0.0716. The number of ketones is 1. The van der Waals surface area contributed by atoms with Crippen LogP contribution >= 0.6 is 0 Å². The van der Waals surface area contributed by atoms with Gasteiger partial charge in [0.2, 0.25) is 0 Å². The summed E-state index contributed by atoms with van der Waals surface area (Å²) in [5, 5.41) is 9.96. The lowest BCUT2D eigenvalue weighted by Gasteiger charge is -2.55. The molecule has 0 bridgehead atoms. The number of carbonyl (C=O) groups is 1. The fourth-order valence-corrected chi connectivity index (χ4v) is 7.05. The average molecular weight is 290 g/mol. The average Bonchev–Trinajstić information content (AvgIpc) is 2.84. The predicted molar refractivity (Wildman–Crippen MR) is 82.7 cm³/mol. The zero-order chi connectivity index (χ0) is 14.6. The molecule has 0 unspecified atom stereocenters. The Morgan fingerprint density at radius 3 is 2.67 bits per heavy atom. The van der Waals surface area contributed by atoms with Crippen LogP contribution in [0, 0.1) is 35.0 Å². The molecule has 4 saturated carbocycles. The second-order valence-electron chi connectivity index (χ2n) is 8.41. The Bertz CT molecular complexity index is 431. The van der Waals surface area contributed by atoms with Crippen molar-refractivity contribution in [2.75, 3.05) is 0 Å². The largest absolute Gasteiger partial charge is 0.393 e. The van der Waals surface area contributed by atoms with Crippen LogP contribution in [-0.4, -0.2) is 17.0 Å². The van der Waals surface area contributed by atoms with E-state index in [2.05, 4.69) is 6.92 Å². The lowest BCUT2D eigenvalue weighted by atomic mass is 9.49. The first-order chi connectivity index (χ1) is 10.2. The standard InChI is InChI=1S/C19H30O2/c1-2-19-10-9-15-14-6-4-13(20)11-12(14)3-5-16(15)17(19)7-8-18(19)21/h12-17,20H,2-11H2,1H3/t12-,13-,14+,15-,16-,17+,19+/m1/s1.